The van der Waals surface area contributed by atoms with Gasteiger partial charge in [0.05, 0.1) is 11.4 Å². The first-order valence-electron chi connectivity index (χ1n) is 10.1. The summed E-state index contributed by atoms with van der Waals surface area (Å²) in [6.07, 6.45) is 0.579. The van der Waals surface area contributed by atoms with Crippen molar-refractivity contribution in [3.05, 3.63) is 47.8 Å². The van der Waals surface area contributed by atoms with Gasteiger partial charge in [-0.1, -0.05) is 19.9 Å². The molecule has 0 atom stereocenters. The molecule has 1 aliphatic rings. The van der Waals surface area contributed by atoms with Gasteiger partial charge in [-0.15, -0.1) is 0 Å². The molecule has 0 aromatic heterocycles. The van der Waals surface area contributed by atoms with Crippen LogP contribution in [0.15, 0.2) is 41.3 Å². The lowest BCUT2D eigenvalue weighted by Gasteiger charge is -2.24. The minimum absolute atomic E-state index is 0.0234. The largest absolute Gasteiger partial charge is 0.486 e. The van der Waals surface area contributed by atoms with Crippen molar-refractivity contribution >= 4 is 21.6 Å². The number of ether oxygens (including phenoxy) is 2. The van der Waals surface area contributed by atoms with Crippen molar-refractivity contribution in [2.24, 2.45) is 5.92 Å². The Bertz CT molecular complexity index is 1060. The van der Waals surface area contributed by atoms with E-state index in [0.717, 1.165) is 4.31 Å². The number of sulfonamides is 1. The maximum absolute atomic E-state index is 13.5. The maximum atomic E-state index is 13.5. The van der Waals surface area contributed by atoms with Crippen LogP contribution in [-0.4, -0.2) is 44.9 Å². The molecule has 0 radical (unpaired) electrons. The lowest BCUT2D eigenvalue weighted by Crippen LogP contribution is -2.39. The Balaban J connectivity index is 1.83. The van der Waals surface area contributed by atoms with Crippen LogP contribution in [0.4, 0.5) is 10.1 Å². The Morgan fingerprint density at radius 3 is 2.55 bits per heavy atom. The summed E-state index contributed by atoms with van der Waals surface area (Å²) in [7, 11) is -3.97. The van der Waals surface area contributed by atoms with Gasteiger partial charge in [-0.3, -0.25) is 4.79 Å². The Morgan fingerprint density at radius 2 is 1.84 bits per heavy atom. The van der Waals surface area contributed by atoms with Crippen molar-refractivity contribution in [3.8, 4) is 11.5 Å². The van der Waals surface area contributed by atoms with E-state index in [0.29, 0.717) is 42.4 Å². The molecule has 2 aromatic rings. The first-order chi connectivity index (χ1) is 14.7. The smallest absolute Gasteiger partial charge is 0.243 e. The van der Waals surface area contributed by atoms with Gasteiger partial charge in [0.2, 0.25) is 15.9 Å². The molecule has 0 saturated heterocycles. The van der Waals surface area contributed by atoms with Crippen LogP contribution in [0.5, 0.6) is 11.5 Å². The van der Waals surface area contributed by atoms with Crippen LogP contribution in [0.25, 0.3) is 0 Å². The molecule has 31 heavy (non-hydrogen) atoms. The second kappa shape index (κ2) is 9.65. The highest BCUT2D eigenvalue weighted by atomic mass is 32.2. The summed E-state index contributed by atoms with van der Waals surface area (Å²) < 4.78 is 52.3. The standard InChI is InChI=1S/C22H27FN2O5S/c1-15(2)8-9-25(14-22(26)24-19-12-17(23)5-4-16(19)3)31(27,28)18-6-7-20-21(13-18)30-11-10-29-20/h4-7,12-13,15H,8-11,14H2,1-3H3,(H,24,26). The van der Waals surface area contributed by atoms with E-state index in [9.17, 15) is 17.6 Å². The number of aryl methyl sites for hydroxylation is 1. The van der Waals surface area contributed by atoms with Gasteiger partial charge in [-0.2, -0.15) is 4.31 Å². The van der Waals surface area contributed by atoms with Crippen molar-refractivity contribution < 1.29 is 27.1 Å². The van der Waals surface area contributed by atoms with Crippen LogP contribution in [0, 0.1) is 18.7 Å². The number of hydrogen-bond donors (Lipinski definition) is 1. The van der Waals surface area contributed by atoms with E-state index < -0.39 is 21.7 Å². The van der Waals surface area contributed by atoms with Crippen molar-refractivity contribution in [2.45, 2.75) is 32.1 Å². The molecule has 2 aromatic carbocycles. The molecule has 0 aliphatic carbocycles. The summed E-state index contributed by atoms with van der Waals surface area (Å²) in [6.45, 7) is 6.21. The van der Waals surface area contributed by atoms with Gasteiger partial charge in [-0.05, 0) is 49.1 Å². The lowest BCUT2D eigenvalue weighted by molar-refractivity contribution is -0.116. The van der Waals surface area contributed by atoms with Crippen molar-refractivity contribution in [1.82, 2.24) is 4.31 Å². The number of rotatable bonds is 8. The fraction of sp³-hybridized carbons (Fsp3) is 0.409. The third kappa shape index (κ3) is 5.74. The Hall–Kier alpha value is -2.65. The summed E-state index contributed by atoms with van der Waals surface area (Å²) in [6, 6.07) is 8.47. The van der Waals surface area contributed by atoms with Crippen LogP contribution >= 0.6 is 0 Å². The first-order valence-corrected chi connectivity index (χ1v) is 11.6. The Kier molecular flexibility index (Phi) is 7.17. The topological polar surface area (TPSA) is 84.9 Å². The third-order valence-corrected chi connectivity index (χ3v) is 6.74. The van der Waals surface area contributed by atoms with Crippen LogP contribution in [0.3, 0.4) is 0 Å². The molecular formula is C22H27FN2O5S. The highest BCUT2D eigenvalue weighted by molar-refractivity contribution is 7.89. The molecule has 0 fully saturated rings. The van der Waals surface area contributed by atoms with Crippen LogP contribution < -0.4 is 14.8 Å². The van der Waals surface area contributed by atoms with Gasteiger partial charge in [0.25, 0.3) is 0 Å². The minimum atomic E-state index is -3.97. The fourth-order valence-electron chi connectivity index (χ4n) is 3.10. The Labute approximate surface area is 182 Å². The minimum Gasteiger partial charge on any atom is -0.486 e. The van der Waals surface area contributed by atoms with Crippen LogP contribution in [0.2, 0.25) is 0 Å². The molecule has 0 spiro atoms. The van der Waals surface area contributed by atoms with E-state index >= 15 is 0 Å². The van der Waals surface area contributed by atoms with Crippen molar-refractivity contribution in [1.29, 1.82) is 0 Å². The maximum Gasteiger partial charge on any atom is 0.243 e. The number of nitrogens with zero attached hydrogens (tertiary/aromatic N) is 1. The Morgan fingerprint density at radius 1 is 1.13 bits per heavy atom. The number of hydrogen-bond acceptors (Lipinski definition) is 5. The molecule has 0 saturated carbocycles. The summed E-state index contributed by atoms with van der Waals surface area (Å²) in [5.74, 6) is 0.0563. The monoisotopic (exact) mass is 450 g/mol. The first kappa shape index (κ1) is 23.0. The average molecular weight is 451 g/mol. The summed E-state index contributed by atoms with van der Waals surface area (Å²) in [5.41, 5.74) is 0.990. The van der Waals surface area contributed by atoms with Crippen LogP contribution in [-0.2, 0) is 14.8 Å². The number of amides is 1. The van der Waals surface area contributed by atoms with E-state index in [1.54, 1.807) is 19.1 Å². The van der Waals surface area contributed by atoms with Gasteiger partial charge in [0.1, 0.15) is 19.0 Å². The number of carbonyl (C=O) groups is 1. The molecule has 7 nitrogen and oxygen atoms in total. The molecule has 1 amide bonds. The predicted octanol–water partition coefficient (Wildman–Crippen LogP) is 3.58. The molecule has 9 heteroatoms. The van der Waals surface area contributed by atoms with Gasteiger partial charge >= 0.3 is 0 Å². The molecule has 3 rings (SSSR count). The van der Waals surface area contributed by atoms with Gasteiger partial charge in [0, 0.05) is 18.3 Å². The second-order valence-corrected chi connectivity index (χ2v) is 9.77. The SMILES string of the molecule is Cc1ccc(F)cc1NC(=O)CN(CCC(C)C)S(=O)(=O)c1ccc2c(c1)OCCO2. The molecule has 1 aliphatic heterocycles. The van der Waals surface area contributed by atoms with E-state index in [1.165, 1.54) is 24.3 Å². The number of anilines is 1. The number of nitrogens with one attached hydrogen (secondary N) is 1. The third-order valence-electron chi connectivity index (χ3n) is 4.90. The van der Waals surface area contributed by atoms with Gasteiger partial charge < -0.3 is 14.8 Å². The molecule has 1 N–H and O–H groups in total. The molecule has 0 bridgehead atoms. The van der Waals surface area contributed by atoms with E-state index in [2.05, 4.69) is 5.32 Å². The summed E-state index contributed by atoms with van der Waals surface area (Å²) in [4.78, 5) is 12.7. The van der Waals surface area contributed by atoms with Crippen molar-refractivity contribution in [2.75, 3.05) is 31.6 Å². The van der Waals surface area contributed by atoms with E-state index in [1.807, 2.05) is 13.8 Å². The lowest BCUT2D eigenvalue weighted by atomic mass is 10.1. The second-order valence-electron chi connectivity index (χ2n) is 7.83. The van der Waals surface area contributed by atoms with Crippen LogP contribution in [0.1, 0.15) is 25.8 Å². The molecule has 168 valence electrons. The molecule has 1 heterocycles. The number of halogens is 1. The normalized spacial score (nSPS) is 13.5. The average Bonchev–Trinajstić information content (AvgIpc) is 2.73. The highest BCUT2D eigenvalue weighted by Crippen LogP contribution is 2.33. The number of fused-ring (bicyclic) bond motifs is 1. The van der Waals surface area contributed by atoms with Gasteiger partial charge in [0.15, 0.2) is 11.5 Å². The quantitative estimate of drug-likeness (QED) is 0.665. The molecule has 0 unspecified atom stereocenters. The number of carbonyl (C=O) groups excluding carboxylic acids is 1. The summed E-state index contributed by atoms with van der Waals surface area (Å²) in [5, 5.41) is 2.61. The highest BCUT2D eigenvalue weighted by Gasteiger charge is 2.28. The fourth-order valence-corrected chi connectivity index (χ4v) is 4.53. The predicted molar refractivity (Wildman–Crippen MR) is 115 cm³/mol. The number of benzene rings is 2. The zero-order chi connectivity index (χ0) is 22.6. The summed E-state index contributed by atoms with van der Waals surface area (Å²) >= 11 is 0. The van der Waals surface area contributed by atoms with E-state index in [-0.39, 0.29) is 23.9 Å². The van der Waals surface area contributed by atoms with E-state index in [4.69, 9.17) is 9.47 Å². The zero-order valence-electron chi connectivity index (χ0n) is 17.9. The zero-order valence-corrected chi connectivity index (χ0v) is 18.7. The van der Waals surface area contributed by atoms with Crippen molar-refractivity contribution in [3.63, 3.8) is 0 Å². The van der Waals surface area contributed by atoms with Gasteiger partial charge in [-0.25, -0.2) is 12.8 Å². The molecular weight excluding hydrogens is 423 g/mol.